The lowest BCUT2D eigenvalue weighted by Crippen LogP contribution is -2.37. The van der Waals surface area contributed by atoms with Crippen molar-refractivity contribution in [2.45, 2.75) is 19.9 Å². The van der Waals surface area contributed by atoms with Gasteiger partial charge < -0.3 is 15.4 Å². The fourth-order valence-corrected chi connectivity index (χ4v) is 1.56. The summed E-state index contributed by atoms with van der Waals surface area (Å²) in [6.45, 7) is 5.20. The van der Waals surface area contributed by atoms with E-state index in [1.807, 2.05) is 24.0 Å². The van der Waals surface area contributed by atoms with Crippen LogP contribution in [0.15, 0.2) is 12.4 Å². The van der Waals surface area contributed by atoms with Crippen LogP contribution in [0.2, 0.25) is 0 Å². The van der Waals surface area contributed by atoms with Crippen LogP contribution in [0.4, 0.5) is 0 Å². The highest BCUT2D eigenvalue weighted by Gasteiger charge is 1.96. The molecule has 0 spiro atoms. The average molecular weight is 256 g/mol. The van der Waals surface area contributed by atoms with E-state index in [0.717, 1.165) is 32.7 Å². The van der Waals surface area contributed by atoms with E-state index in [1.165, 1.54) is 5.56 Å². The van der Waals surface area contributed by atoms with Gasteiger partial charge in [0.25, 0.3) is 0 Å². The molecule has 1 aromatic rings. The fraction of sp³-hybridized carbons (Fsp3) is 0.636. The van der Waals surface area contributed by atoms with Gasteiger partial charge >= 0.3 is 0 Å². The van der Waals surface area contributed by atoms with Crippen molar-refractivity contribution in [3.05, 3.63) is 18.0 Å². The predicted molar refractivity (Wildman–Crippen MR) is 72.1 cm³/mol. The van der Waals surface area contributed by atoms with Gasteiger partial charge in [-0.1, -0.05) is 0 Å². The summed E-state index contributed by atoms with van der Waals surface area (Å²) in [5.41, 5.74) is 1.17. The third kappa shape index (κ3) is 6.23. The lowest BCUT2D eigenvalue weighted by molar-refractivity contribution is 0.195. The summed E-state index contributed by atoms with van der Waals surface area (Å²) in [5.74, 6) is 0. The zero-order valence-corrected chi connectivity index (χ0v) is 11.2. The normalized spacial score (nSPS) is 10.2. The zero-order valence-electron chi connectivity index (χ0n) is 10.4. The van der Waals surface area contributed by atoms with E-state index in [1.54, 1.807) is 7.11 Å². The third-order valence-electron chi connectivity index (χ3n) is 2.20. The Balaban J connectivity index is 2.04. The Morgan fingerprint density at radius 3 is 2.88 bits per heavy atom. The van der Waals surface area contributed by atoms with Crippen molar-refractivity contribution < 1.29 is 4.74 Å². The number of methoxy groups -OCH3 is 1. The maximum absolute atomic E-state index is 5.13. The maximum atomic E-state index is 5.13. The molecule has 17 heavy (non-hydrogen) atoms. The van der Waals surface area contributed by atoms with Crippen LogP contribution in [0.1, 0.15) is 12.0 Å². The van der Waals surface area contributed by atoms with Gasteiger partial charge in [0.05, 0.1) is 12.7 Å². The average Bonchev–Trinajstić information content (AvgIpc) is 2.71. The summed E-state index contributed by atoms with van der Waals surface area (Å²) >= 11 is 5.13. The highest BCUT2D eigenvalue weighted by Crippen LogP contribution is 1.92. The van der Waals surface area contributed by atoms with Crippen molar-refractivity contribution in [2.24, 2.45) is 0 Å². The van der Waals surface area contributed by atoms with Crippen molar-refractivity contribution >= 4 is 17.3 Å². The van der Waals surface area contributed by atoms with Crippen LogP contribution in [-0.2, 0) is 11.3 Å². The Labute approximate surface area is 108 Å². The topological polar surface area (TPSA) is 51.1 Å². The van der Waals surface area contributed by atoms with Gasteiger partial charge in [-0.3, -0.25) is 4.68 Å². The van der Waals surface area contributed by atoms with E-state index in [4.69, 9.17) is 17.0 Å². The van der Waals surface area contributed by atoms with E-state index in [-0.39, 0.29) is 0 Å². The molecule has 96 valence electrons. The van der Waals surface area contributed by atoms with Crippen LogP contribution in [-0.4, -0.2) is 41.7 Å². The third-order valence-corrected chi connectivity index (χ3v) is 2.49. The highest BCUT2D eigenvalue weighted by molar-refractivity contribution is 7.80. The second kappa shape index (κ2) is 8.03. The van der Waals surface area contributed by atoms with E-state index >= 15 is 0 Å². The van der Waals surface area contributed by atoms with E-state index < -0.39 is 0 Å². The van der Waals surface area contributed by atoms with Crippen molar-refractivity contribution in [1.29, 1.82) is 0 Å². The van der Waals surface area contributed by atoms with Gasteiger partial charge in [0.2, 0.25) is 0 Å². The first-order chi connectivity index (χ1) is 8.22. The summed E-state index contributed by atoms with van der Waals surface area (Å²) in [7, 11) is 1.70. The molecular formula is C11H20N4OS. The maximum Gasteiger partial charge on any atom is 0.166 e. The molecule has 0 aliphatic rings. The molecule has 1 rings (SSSR count). The second-order valence-corrected chi connectivity index (χ2v) is 4.22. The number of nitrogens with one attached hydrogen (secondary N) is 2. The van der Waals surface area contributed by atoms with Gasteiger partial charge in [0.15, 0.2) is 5.11 Å². The minimum atomic E-state index is 0.685. The van der Waals surface area contributed by atoms with Crippen LogP contribution in [0.3, 0.4) is 0 Å². The number of aryl methyl sites for hydroxylation is 1. The lowest BCUT2D eigenvalue weighted by Gasteiger charge is -2.10. The molecule has 0 radical (unpaired) electrons. The molecule has 0 bridgehead atoms. The lowest BCUT2D eigenvalue weighted by atomic mass is 10.4. The molecule has 0 aromatic carbocycles. The molecule has 2 N–H and O–H groups in total. The Kier molecular flexibility index (Phi) is 6.57. The Morgan fingerprint density at radius 2 is 2.24 bits per heavy atom. The number of hydrogen-bond acceptors (Lipinski definition) is 3. The van der Waals surface area contributed by atoms with Gasteiger partial charge in [0.1, 0.15) is 0 Å². The summed E-state index contributed by atoms with van der Waals surface area (Å²) in [6, 6.07) is 0. The Hall–Kier alpha value is -1.14. The van der Waals surface area contributed by atoms with Gasteiger partial charge in [-0.25, -0.2) is 0 Å². The standard InChI is InChI=1S/C11H20N4OS/c1-10-8-14-15(9-10)6-5-13-11(17)12-4-3-7-16-2/h8-9H,3-7H2,1-2H3,(H2,12,13,17). The molecule has 0 atom stereocenters. The number of rotatable bonds is 7. The second-order valence-electron chi connectivity index (χ2n) is 3.81. The van der Waals surface area contributed by atoms with E-state index in [0.29, 0.717) is 5.11 Å². The van der Waals surface area contributed by atoms with Crippen molar-refractivity contribution in [3.8, 4) is 0 Å². The zero-order chi connectivity index (χ0) is 12.5. The van der Waals surface area contributed by atoms with Crippen molar-refractivity contribution in [3.63, 3.8) is 0 Å². The van der Waals surface area contributed by atoms with Crippen LogP contribution in [0.5, 0.6) is 0 Å². The summed E-state index contributed by atoms with van der Waals surface area (Å²) in [4.78, 5) is 0. The number of thiocarbonyl (C=S) groups is 1. The van der Waals surface area contributed by atoms with E-state index in [2.05, 4.69) is 15.7 Å². The molecular weight excluding hydrogens is 236 g/mol. The molecule has 0 saturated carbocycles. The molecule has 0 amide bonds. The molecule has 0 aliphatic heterocycles. The smallest absolute Gasteiger partial charge is 0.166 e. The van der Waals surface area contributed by atoms with Crippen LogP contribution >= 0.6 is 12.2 Å². The Morgan fingerprint density at radius 1 is 1.47 bits per heavy atom. The number of ether oxygens (including phenoxy) is 1. The molecule has 1 heterocycles. The van der Waals surface area contributed by atoms with Crippen molar-refractivity contribution in [1.82, 2.24) is 20.4 Å². The summed E-state index contributed by atoms with van der Waals surface area (Å²) in [6.07, 6.45) is 4.81. The first kappa shape index (κ1) is 13.9. The molecule has 0 saturated heterocycles. The first-order valence-electron chi connectivity index (χ1n) is 5.72. The van der Waals surface area contributed by atoms with Crippen LogP contribution < -0.4 is 10.6 Å². The quantitative estimate of drug-likeness (QED) is 0.555. The van der Waals surface area contributed by atoms with Crippen molar-refractivity contribution in [2.75, 3.05) is 26.8 Å². The molecule has 0 unspecified atom stereocenters. The van der Waals surface area contributed by atoms with Gasteiger partial charge in [0, 0.05) is 33.0 Å². The van der Waals surface area contributed by atoms with Gasteiger partial charge in [-0.15, -0.1) is 0 Å². The first-order valence-corrected chi connectivity index (χ1v) is 6.13. The van der Waals surface area contributed by atoms with Crippen LogP contribution in [0.25, 0.3) is 0 Å². The SMILES string of the molecule is COCCCNC(=S)NCCn1cc(C)cn1. The van der Waals surface area contributed by atoms with Crippen LogP contribution in [0, 0.1) is 6.92 Å². The number of nitrogens with zero attached hydrogens (tertiary/aromatic N) is 2. The molecule has 0 aliphatic carbocycles. The van der Waals surface area contributed by atoms with Gasteiger partial charge in [-0.2, -0.15) is 5.10 Å². The Bertz CT molecular complexity index is 340. The minimum absolute atomic E-state index is 0.685. The van der Waals surface area contributed by atoms with Gasteiger partial charge in [-0.05, 0) is 31.1 Å². The highest BCUT2D eigenvalue weighted by atomic mass is 32.1. The molecule has 1 aromatic heterocycles. The van der Waals surface area contributed by atoms with E-state index in [9.17, 15) is 0 Å². The predicted octanol–water partition coefficient (Wildman–Crippen LogP) is 0.692. The monoisotopic (exact) mass is 256 g/mol. The summed E-state index contributed by atoms with van der Waals surface area (Å²) in [5, 5.41) is 11.1. The number of hydrogen-bond donors (Lipinski definition) is 2. The minimum Gasteiger partial charge on any atom is -0.385 e. The molecule has 6 heteroatoms. The molecule has 5 nitrogen and oxygen atoms in total. The summed E-state index contributed by atoms with van der Waals surface area (Å²) < 4.78 is 6.85. The fourth-order valence-electron chi connectivity index (χ4n) is 1.35. The molecule has 0 fully saturated rings. The number of aromatic nitrogens is 2. The largest absolute Gasteiger partial charge is 0.385 e.